The lowest BCUT2D eigenvalue weighted by Crippen LogP contribution is -2.30. The van der Waals surface area contributed by atoms with Gasteiger partial charge in [-0.15, -0.1) is 11.3 Å². The highest BCUT2D eigenvalue weighted by Crippen LogP contribution is 2.12. The zero-order chi connectivity index (χ0) is 15.3. The largest absolute Gasteiger partial charge is 0.350 e. The molecule has 0 bridgehead atoms. The third kappa shape index (κ3) is 5.49. The molecule has 1 aromatic carbocycles. The van der Waals surface area contributed by atoms with Crippen molar-refractivity contribution in [1.82, 2.24) is 5.32 Å². The van der Waals surface area contributed by atoms with E-state index in [-0.39, 0.29) is 5.75 Å². The van der Waals surface area contributed by atoms with Gasteiger partial charge in [0.05, 0.1) is 12.3 Å². The highest BCUT2D eigenvalue weighted by Gasteiger charge is 2.17. The van der Waals surface area contributed by atoms with E-state index >= 15 is 0 Å². The number of halogens is 1. The number of benzene rings is 1. The maximum Gasteiger partial charge on any atom is 0.235 e. The molecule has 2 rings (SSSR count). The van der Waals surface area contributed by atoms with Crippen molar-refractivity contribution in [2.45, 2.75) is 12.3 Å². The first kappa shape index (κ1) is 16.0. The van der Waals surface area contributed by atoms with E-state index in [4.69, 9.17) is 11.6 Å². The summed E-state index contributed by atoms with van der Waals surface area (Å²) in [6, 6.07) is 10.3. The van der Waals surface area contributed by atoms with Crippen molar-refractivity contribution < 1.29 is 13.2 Å². The van der Waals surface area contributed by atoms with Gasteiger partial charge in [0.25, 0.3) is 0 Å². The van der Waals surface area contributed by atoms with E-state index in [2.05, 4.69) is 5.32 Å². The van der Waals surface area contributed by atoms with Gasteiger partial charge >= 0.3 is 0 Å². The molecule has 0 aliphatic carbocycles. The van der Waals surface area contributed by atoms with Crippen molar-refractivity contribution in [1.29, 1.82) is 0 Å². The summed E-state index contributed by atoms with van der Waals surface area (Å²) in [5, 5.41) is 5.05. The summed E-state index contributed by atoms with van der Waals surface area (Å²) in [5.41, 5.74) is 0.616. The SMILES string of the molecule is O=C(CS(=O)(=O)Cc1ccc(Cl)cc1)NCc1cccs1. The third-order valence-electron chi connectivity index (χ3n) is 2.69. The first-order valence-electron chi connectivity index (χ1n) is 6.18. The second-order valence-corrected chi connectivity index (χ2v) is 8.05. The van der Waals surface area contributed by atoms with Crippen molar-refractivity contribution in [2.75, 3.05) is 5.75 Å². The molecule has 7 heteroatoms. The average Bonchev–Trinajstić information content (AvgIpc) is 2.91. The molecule has 0 spiro atoms. The monoisotopic (exact) mass is 343 g/mol. The Bertz CT molecular complexity index is 694. The topological polar surface area (TPSA) is 63.2 Å². The lowest BCUT2D eigenvalue weighted by molar-refractivity contribution is -0.118. The molecule has 0 radical (unpaired) electrons. The standard InChI is InChI=1S/C14H14ClNO3S2/c15-12-5-3-11(4-6-12)9-21(18,19)10-14(17)16-8-13-2-1-7-20-13/h1-7H,8-10H2,(H,16,17). The summed E-state index contributed by atoms with van der Waals surface area (Å²) in [7, 11) is -3.49. The van der Waals surface area contributed by atoms with E-state index < -0.39 is 21.5 Å². The molecule has 1 amide bonds. The van der Waals surface area contributed by atoms with Gasteiger partial charge in [0, 0.05) is 9.90 Å². The number of sulfone groups is 1. The van der Waals surface area contributed by atoms with Gasteiger partial charge in [0.2, 0.25) is 5.91 Å². The molecule has 21 heavy (non-hydrogen) atoms. The smallest absolute Gasteiger partial charge is 0.235 e. The van der Waals surface area contributed by atoms with Gasteiger partial charge < -0.3 is 5.32 Å². The molecular formula is C14H14ClNO3S2. The van der Waals surface area contributed by atoms with Crippen LogP contribution in [0.5, 0.6) is 0 Å². The number of hydrogen-bond donors (Lipinski definition) is 1. The summed E-state index contributed by atoms with van der Waals surface area (Å²) in [6.45, 7) is 0.354. The minimum Gasteiger partial charge on any atom is -0.350 e. The van der Waals surface area contributed by atoms with Crippen LogP contribution in [0.2, 0.25) is 5.02 Å². The van der Waals surface area contributed by atoms with Crippen LogP contribution >= 0.6 is 22.9 Å². The van der Waals surface area contributed by atoms with Crippen LogP contribution in [0, 0.1) is 0 Å². The zero-order valence-electron chi connectivity index (χ0n) is 11.1. The fourth-order valence-electron chi connectivity index (χ4n) is 1.74. The minimum atomic E-state index is -3.49. The number of rotatable bonds is 6. The summed E-state index contributed by atoms with van der Waals surface area (Å²) in [6.07, 6.45) is 0. The molecule has 0 fully saturated rings. The van der Waals surface area contributed by atoms with Gasteiger partial charge in [-0.3, -0.25) is 4.79 Å². The predicted molar refractivity (Wildman–Crippen MR) is 85.1 cm³/mol. The normalized spacial score (nSPS) is 11.3. The van der Waals surface area contributed by atoms with Crippen LogP contribution in [-0.2, 0) is 26.9 Å². The number of carbonyl (C=O) groups excluding carboxylic acids is 1. The van der Waals surface area contributed by atoms with Gasteiger partial charge in [0.15, 0.2) is 9.84 Å². The highest BCUT2D eigenvalue weighted by molar-refractivity contribution is 7.91. The Balaban J connectivity index is 1.88. The zero-order valence-corrected chi connectivity index (χ0v) is 13.5. The van der Waals surface area contributed by atoms with E-state index in [0.29, 0.717) is 17.1 Å². The molecule has 2 aromatic rings. The maximum atomic E-state index is 12.0. The molecule has 1 N–H and O–H groups in total. The van der Waals surface area contributed by atoms with E-state index in [0.717, 1.165) is 4.88 Å². The van der Waals surface area contributed by atoms with Crippen LogP contribution in [0.4, 0.5) is 0 Å². The molecule has 1 heterocycles. The van der Waals surface area contributed by atoms with E-state index in [9.17, 15) is 13.2 Å². The number of nitrogens with one attached hydrogen (secondary N) is 1. The van der Waals surface area contributed by atoms with Gasteiger partial charge in [-0.05, 0) is 29.1 Å². The van der Waals surface area contributed by atoms with Gasteiger partial charge in [-0.2, -0.15) is 0 Å². The van der Waals surface area contributed by atoms with Crippen molar-refractivity contribution >= 4 is 38.7 Å². The van der Waals surface area contributed by atoms with E-state index in [1.165, 1.54) is 11.3 Å². The quantitative estimate of drug-likeness (QED) is 0.877. The number of hydrogen-bond acceptors (Lipinski definition) is 4. The van der Waals surface area contributed by atoms with Crippen LogP contribution in [0.25, 0.3) is 0 Å². The van der Waals surface area contributed by atoms with Crippen LogP contribution in [-0.4, -0.2) is 20.1 Å². The molecule has 0 unspecified atom stereocenters. The van der Waals surface area contributed by atoms with Crippen LogP contribution in [0.3, 0.4) is 0 Å². The Morgan fingerprint density at radius 2 is 1.90 bits per heavy atom. The minimum absolute atomic E-state index is 0.170. The van der Waals surface area contributed by atoms with Gasteiger partial charge in [-0.1, -0.05) is 29.8 Å². The lowest BCUT2D eigenvalue weighted by Gasteiger charge is -2.06. The molecule has 0 saturated heterocycles. The summed E-state index contributed by atoms with van der Waals surface area (Å²) >= 11 is 7.25. The number of thiophene rings is 1. The average molecular weight is 344 g/mol. The Morgan fingerprint density at radius 3 is 2.52 bits per heavy atom. The van der Waals surface area contributed by atoms with Crippen LogP contribution in [0.15, 0.2) is 41.8 Å². The van der Waals surface area contributed by atoms with E-state index in [1.807, 2.05) is 17.5 Å². The summed E-state index contributed by atoms with van der Waals surface area (Å²) < 4.78 is 23.9. The highest BCUT2D eigenvalue weighted by atomic mass is 35.5. The maximum absolute atomic E-state index is 12.0. The van der Waals surface area contributed by atoms with Crippen molar-refractivity contribution in [2.24, 2.45) is 0 Å². The molecule has 112 valence electrons. The summed E-state index contributed by atoms with van der Waals surface area (Å²) in [4.78, 5) is 12.7. The Hall–Kier alpha value is -1.37. The second kappa shape index (κ2) is 7.06. The van der Waals surface area contributed by atoms with Crippen LogP contribution in [0.1, 0.15) is 10.4 Å². The van der Waals surface area contributed by atoms with Crippen molar-refractivity contribution in [3.63, 3.8) is 0 Å². The first-order valence-corrected chi connectivity index (χ1v) is 9.26. The number of carbonyl (C=O) groups is 1. The lowest BCUT2D eigenvalue weighted by atomic mass is 10.2. The number of amides is 1. The summed E-state index contributed by atoms with van der Waals surface area (Å²) in [5.74, 6) is -1.17. The Labute approximate surface area is 132 Å². The third-order valence-corrected chi connectivity index (χ3v) is 5.29. The van der Waals surface area contributed by atoms with Crippen molar-refractivity contribution in [3.05, 3.63) is 57.2 Å². The Kier molecular flexibility index (Phi) is 5.39. The molecule has 0 saturated carbocycles. The van der Waals surface area contributed by atoms with Gasteiger partial charge in [0.1, 0.15) is 5.75 Å². The second-order valence-electron chi connectivity index (χ2n) is 4.51. The molecule has 0 aliphatic heterocycles. The Morgan fingerprint density at radius 1 is 1.19 bits per heavy atom. The fourth-order valence-corrected chi connectivity index (χ4v) is 3.81. The van der Waals surface area contributed by atoms with Crippen molar-refractivity contribution in [3.8, 4) is 0 Å². The fraction of sp³-hybridized carbons (Fsp3) is 0.214. The molecule has 0 atom stereocenters. The first-order chi connectivity index (χ1) is 9.94. The molecule has 4 nitrogen and oxygen atoms in total. The molecular weight excluding hydrogens is 330 g/mol. The van der Waals surface area contributed by atoms with Crippen LogP contribution < -0.4 is 5.32 Å². The molecule has 0 aliphatic rings. The molecule has 1 aromatic heterocycles. The van der Waals surface area contributed by atoms with Gasteiger partial charge in [-0.25, -0.2) is 8.42 Å². The van der Waals surface area contributed by atoms with E-state index in [1.54, 1.807) is 24.3 Å². The predicted octanol–water partition coefficient (Wildman–Crippen LogP) is 2.63.